The molecule has 0 unspecified atom stereocenters. The van der Waals surface area contributed by atoms with E-state index in [0.29, 0.717) is 0 Å². The number of nitrogens with one attached hydrogen (secondary N) is 1. The predicted octanol–water partition coefficient (Wildman–Crippen LogP) is 0.117. The van der Waals surface area contributed by atoms with Gasteiger partial charge in [0, 0.05) is 12.4 Å². The van der Waals surface area contributed by atoms with E-state index in [1.807, 2.05) is 0 Å². The van der Waals surface area contributed by atoms with E-state index in [9.17, 15) is 0 Å². The highest BCUT2D eigenvalue weighted by Gasteiger charge is 1.68. The summed E-state index contributed by atoms with van der Waals surface area (Å²) in [5.74, 6) is 0. The van der Waals surface area contributed by atoms with Gasteiger partial charge in [0.05, 0.1) is 0 Å². The summed E-state index contributed by atoms with van der Waals surface area (Å²) in [6.45, 7) is 0. The maximum Gasteiger partial charge on any atom is 0.108 e. The highest BCUT2D eigenvalue weighted by atomic mass is 15.3. The molecule has 36 valence electrons. The molecule has 7 heavy (non-hydrogen) atoms. The minimum atomic E-state index is 1.51. The van der Waals surface area contributed by atoms with Crippen molar-refractivity contribution in [3.63, 3.8) is 0 Å². The van der Waals surface area contributed by atoms with Gasteiger partial charge >= 0.3 is 0 Å². The second-order valence-electron chi connectivity index (χ2n) is 1.03. The molecular formula is C4H5N3. The molecule has 0 aromatic carbocycles. The Morgan fingerprint density at radius 1 is 1.43 bits per heavy atom. The van der Waals surface area contributed by atoms with E-state index in [1.54, 1.807) is 18.5 Å². The number of hydrogen-bond acceptors (Lipinski definition) is 3. The van der Waals surface area contributed by atoms with Gasteiger partial charge in [-0.25, -0.2) is 4.99 Å². The molecule has 0 radical (unpaired) electrons. The largest absolute Gasteiger partial charge is 0.268 e. The minimum absolute atomic E-state index is 1.51. The van der Waals surface area contributed by atoms with Crippen molar-refractivity contribution in [3.8, 4) is 0 Å². The Labute approximate surface area is 41.4 Å². The minimum Gasteiger partial charge on any atom is -0.268 e. The number of nitrogens with zero attached hydrogens (tertiary/aromatic N) is 2. The van der Waals surface area contributed by atoms with Crippen LogP contribution in [0.25, 0.3) is 0 Å². The lowest BCUT2D eigenvalue weighted by Gasteiger charge is -1.77. The number of hydrogen-bond donors (Lipinski definition) is 1. The Kier molecular flexibility index (Phi) is 1.23. The molecule has 0 aromatic heterocycles. The van der Waals surface area contributed by atoms with Crippen molar-refractivity contribution >= 4 is 12.6 Å². The molecular weight excluding hydrogens is 90.1 g/mol. The van der Waals surface area contributed by atoms with Gasteiger partial charge in [-0.1, -0.05) is 0 Å². The van der Waals surface area contributed by atoms with E-state index in [4.69, 9.17) is 0 Å². The summed E-state index contributed by atoms with van der Waals surface area (Å²) in [5, 5.41) is 3.66. The van der Waals surface area contributed by atoms with E-state index in [1.165, 1.54) is 6.34 Å². The fraction of sp³-hybridized carbons (Fsp3) is 0. The SMILES string of the molecule is C1=CN=CNN=C1. The summed E-state index contributed by atoms with van der Waals surface area (Å²) in [6, 6.07) is 0. The molecule has 0 saturated heterocycles. The van der Waals surface area contributed by atoms with Crippen LogP contribution in [0.4, 0.5) is 0 Å². The van der Waals surface area contributed by atoms with Gasteiger partial charge in [-0.05, 0) is 6.08 Å². The summed E-state index contributed by atoms with van der Waals surface area (Å²) in [4.78, 5) is 3.73. The third kappa shape index (κ3) is 1.17. The van der Waals surface area contributed by atoms with Crippen LogP contribution in [0.1, 0.15) is 0 Å². The van der Waals surface area contributed by atoms with Crippen LogP contribution >= 0.6 is 0 Å². The van der Waals surface area contributed by atoms with Gasteiger partial charge in [0.25, 0.3) is 0 Å². The lowest BCUT2D eigenvalue weighted by molar-refractivity contribution is 1.07. The first-order valence-electron chi connectivity index (χ1n) is 1.95. The Morgan fingerprint density at radius 2 is 2.43 bits per heavy atom. The fourth-order valence-corrected chi connectivity index (χ4v) is 0.284. The molecule has 1 heterocycles. The normalized spacial score (nSPS) is 16.0. The molecule has 1 N–H and O–H groups in total. The topological polar surface area (TPSA) is 36.8 Å². The average molecular weight is 95.1 g/mol. The highest BCUT2D eigenvalue weighted by Crippen LogP contribution is 1.71. The summed E-state index contributed by atoms with van der Waals surface area (Å²) in [7, 11) is 0. The highest BCUT2D eigenvalue weighted by molar-refractivity contribution is 5.73. The number of aliphatic imine (C=N–C) groups is 1. The molecule has 1 aliphatic heterocycles. The van der Waals surface area contributed by atoms with Crippen molar-refractivity contribution in [2.45, 2.75) is 0 Å². The lowest BCUT2D eigenvalue weighted by atomic mass is 10.7. The molecule has 0 aliphatic carbocycles. The second-order valence-corrected chi connectivity index (χ2v) is 1.03. The summed E-state index contributed by atoms with van der Waals surface area (Å²) >= 11 is 0. The molecule has 1 rings (SSSR count). The first-order chi connectivity index (χ1) is 3.50. The standard InChI is InChI=1S/C4H5N3/c1-2-5-4-7-6-3-1/h1-4H,(H,5,7). The van der Waals surface area contributed by atoms with Crippen LogP contribution in [0, 0.1) is 0 Å². The number of hydrazone groups is 1. The number of rotatable bonds is 0. The lowest BCUT2D eigenvalue weighted by Crippen LogP contribution is -1.97. The van der Waals surface area contributed by atoms with Crippen LogP contribution in [-0.2, 0) is 0 Å². The Balaban J connectivity index is 2.60. The van der Waals surface area contributed by atoms with Crippen molar-refractivity contribution < 1.29 is 0 Å². The zero-order valence-corrected chi connectivity index (χ0v) is 3.70. The summed E-state index contributed by atoms with van der Waals surface area (Å²) in [6.07, 6.45) is 6.55. The number of allylic oxidation sites excluding steroid dienone is 1. The van der Waals surface area contributed by atoms with Crippen molar-refractivity contribution in [2.24, 2.45) is 10.1 Å². The zero-order chi connectivity index (χ0) is 4.95. The van der Waals surface area contributed by atoms with Crippen LogP contribution in [0.5, 0.6) is 0 Å². The van der Waals surface area contributed by atoms with Gasteiger partial charge in [-0.15, -0.1) is 0 Å². The van der Waals surface area contributed by atoms with E-state index >= 15 is 0 Å². The van der Waals surface area contributed by atoms with Gasteiger partial charge in [0.1, 0.15) is 6.34 Å². The Hall–Kier alpha value is -1.12. The van der Waals surface area contributed by atoms with Crippen LogP contribution in [-0.4, -0.2) is 12.6 Å². The molecule has 0 saturated carbocycles. The van der Waals surface area contributed by atoms with Gasteiger partial charge < -0.3 is 0 Å². The Morgan fingerprint density at radius 3 is 3.43 bits per heavy atom. The van der Waals surface area contributed by atoms with Crippen LogP contribution in [0.15, 0.2) is 22.4 Å². The van der Waals surface area contributed by atoms with Crippen LogP contribution < -0.4 is 5.43 Å². The molecule has 0 aromatic rings. The van der Waals surface area contributed by atoms with Gasteiger partial charge in [-0.3, -0.25) is 5.43 Å². The Bertz CT molecular complexity index is 109. The summed E-state index contributed by atoms with van der Waals surface area (Å²) < 4.78 is 0. The molecule has 3 heteroatoms. The third-order valence-electron chi connectivity index (χ3n) is 0.540. The third-order valence-corrected chi connectivity index (χ3v) is 0.540. The first kappa shape index (κ1) is 4.05. The molecule has 0 fully saturated rings. The fourth-order valence-electron chi connectivity index (χ4n) is 0.284. The van der Waals surface area contributed by atoms with Gasteiger partial charge in [0.15, 0.2) is 0 Å². The van der Waals surface area contributed by atoms with Crippen LogP contribution in [0.3, 0.4) is 0 Å². The smallest absolute Gasteiger partial charge is 0.108 e. The van der Waals surface area contributed by atoms with Crippen LogP contribution in [0.2, 0.25) is 0 Å². The van der Waals surface area contributed by atoms with Gasteiger partial charge in [0.2, 0.25) is 0 Å². The molecule has 0 atom stereocenters. The van der Waals surface area contributed by atoms with Crippen molar-refractivity contribution in [3.05, 3.63) is 12.3 Å². The quantitative estimate of drug-likeness (QED) is 0.455. The van der Waals surface area contributed by atoms with E-state index in [0.717, 1.165) is 0 Å². The van der Waals surface area contributed by atoms with Crippen molar-refractivity contribution in [1.29, 1.82) is 0 Å². The summed E-state index contributed by atoms with van der Waals surface area (Å²) in [5.41, 5.74) is 2.56. The molecule has 0 bridgehead atoms. The van der Waals surface area contributed by atoms with Crippen molar-refractivity contribution in [1.82, 2.24) is 5.43 Å². The average Bonchev–Trinajstić information content (AvgIpc) is 1.90. The zero-order valence-electron chi connectivity index (χ0n) is 3.70. The molecule has 1 aliphatic rings. The van der Waals surface area contributed by atoms with Gasteiger partial charge in [-0.2, -0.15) is 5.10 Å². The molecule has 0 amide bonds. The molecule has 3 nitrogen and oxygen atoms in total. The first-order valence-corrected chi connectivity index (χ1v) is 1.95. The second kappa shape index (κ2) is 2.12. The molecule has 0 spiro atoms. The van der Waals surface area contributed by atoms with E-state index < -0.39 is 0 Å². The maximum absolute atomic E-state index is 3.73. The predicted molar refractivity (Wildman–Crippen MR) is 29.3 cm³/mol. The maximum atomic E-state index is 3.73. The van der Waals surface area contributed by atoms with E-state index in [-0.39, 0.29) is 0 Å². The van der Waals surface area contributed by atoms with E-state index in [2.05, 4.69) is 15.5 Å². The van der Waals surface area contributed by atoms with Crippen molar-refractivity contribution in [2.75, 3.05) is 0 Å². The monoisotopic (exact) mass is 95.0 g/mol.